The third kappa shape index (κ3) is 4.59. The smallest absolute Gasteiger partial charge is 0.111 e. The quantitative estimate of drug-likeness (QED) is 0.397. The summed E-state index contributed by atoms with van der Waals surface area (Å²) in [4.78, 5) is 0. The Morgan fingerprint density at radius 3 is 2.41 bits per heavy atom. The first kappa shape index (κ1) is 9.79. The molecule has 0 N–H and O–H groups in total. The topological polar surface area (TPSA) is 0 Å². The second-order valence-corrected chi connectivity index (χ2v) is 5.07. The number of quaternary nitrogens is 1. The van der Waals surface area contributed by atoms with Crippen LogP contribution in [0.25, 0.3) is 0 Å². The lowest BCUT2D eigenvalue weighted by atomic mass is 9.92. The van der Waals surface area contributed by atoms with Gasteiger partial charge in [-0.15, -0.1) is 0 Å². The van der Waals surface area contributed by atoms with E-state index in [4.69, 9.17) is 6.85 Å². The molecule has 0 spiro atoms. The van der Waals surface area contributed by atoms with E-state index in [1.807, 2.05) is 0 Å². The van der Waals surface area contributed by atoms with Gasteiger partial charge in [-0.25, -0.2) is 0 Å². The fourth-order valence-corrected chi connectivity index (χ4v) is 1.76. The third-order valence-corrected chi connectivity index (χ3v) is 2.80. The summed E-state index contributed by atoms with van der Waals surface area (Å²) in [5, 5.41) is 0. The molecule has 0 aromatic rings. The highest BCUT2D eigenvalue weighted by Crippen LogP contribution is 2.29. The lowest BCUT2D eigenvalue weighted by molar-refractivity contribution is -0.933. The SMILES string of the molecule is [2H]C1=C([2H])[C@]([2H])(CC(=C)C)[N+](C)(C)[C@@]([2H])(CC(=C)C)C1[2H].[I-]. The Hall–Kier alpha value is -0.0900. The molecule has 1 nitrogen and oxygen atoms in total. The lowest BCUT2D eigenvalue weighted by Gasteiger charge is -2.45. The number of likely N-dealkylation sites (N-methyl/N-ethyl adjacent to an activating group) is 1. The van der Waals surface area contributed by atoms with Crippen LogP contribution in [0.2, 0.25) is 0 Å². The monoisotopic (exact) mass is 352 g/mol. The van der Waals surface area contributed by atoms with Gasteiger partial charge in [0.25, 0.3) is 0 Å². The average Bonchev–Trinajstić information content (AvgIpc) is 2.32. The van der Waals surface area contributed by atoms with Crippen LogP contribution in [0.4, 0.5) is 0 Å². The van der Waals surface area contributed by atoms with Crippen molar-refractivity contribution in [2.45, 2.75) is 45.1 Å². The minimum absolute atomic E-state index is 0. The standard InChI is InChI=1S/C15H26N.HI/c1-12(2)10-14-8-7-9-15(11-13(3)4)16(14,5)6;/h7-8,14-15H,1,3,9-11H2,2,4-6H3;1H/q+1;/p-1/t14-,15-;/m1./s1/i7D,8D,9D,14D,15D;/t9?,14-,15-;. The van der Waals surface area contributed by atoms with Gasteiger partial charge in [0.2, 0.25) is 0 Å². The normalized spacial score (nSPS) is 44.5. The summed E-state index contributed by atoms with van der Waals surface area (Å²) < 4.78 is 41.9. The molecule has 0 amide bonds. The summed E-state index contributed by atoms with van der Waals surface area (Å²) >= 11 is 0. The molecule has 0 bridgehead atoms. The Morgan fingerprint density at radius 1 is 1.41 bits per heavy atom. The summed E-state index contributed by atoms with van der Waals surface area (Å²) in [5.41, 5.74) is 1.47. The van der Waals surface area contributed by atoms with E-state index in [-0.39, 0.29) is 53.4 Å². The van der Waals surface area contributed by atoms with Crippen molar-refractivity contribution in [2.24, 2.45) is 0 Å². The fraction of sp³-hybridized carbons (Fsp3) is 0.600. The van der Waals surface area contributed by atoms with Crippen molar-refractivity contribution in [3.8, 4) is 0 Å². The summed E-state index contributed by atoms with van der Waals surface area (Å²) in [5.74, 6) is 0. The summed E-state index contributed by atoms with van der Waals surface area (Å²) in [7, 11) is 3.41. The summed E-state index contributed by atoms with van der Waals surface area (Å²) in [6, 6.07) is -3.30. The molecule has 0 aromatic heterocycles. The van der Waals surface area contributed by atoms with E-state index in [1.54, 1.807) is 27.9 Å². The Bertz CT molecular complexity index is 516. The van der Waals surface area contributed by atoms with E-state index in [2.05, 4.69) is 13.2 Å². The van der Waals surface area contributed by atoms with E-state index in [0.717, 1.165) is 11.1 Å². The lowest BCUT2D eigenvalue weighted by Crippen LogP contribution is -3.00. The largest absolute Gasteiger partial charge is 1.00 e. The van der Waals surface area contributed by atoms with Gasteiger partial charge in [-0.1, -0.05) is 30.4 Å². The number of hydrogen-bond acceptors (Lipinski definition) is 0. The van der Waals surface area contributed by atoms with Crippen LogP contribution in [0, 0.1) is 0 Å². The molecule has 0 aromatic carbocycles. The summed E-state index contributed by atoms with van der Waals surface area (Å²) in [6.07, 6.45) is -0.744. The first-order valence-corrected chi connectivity index (χ1v) is 5.54. The van der Waals surface area contributed by atoms with Crippen molar-refractivity contribution < 1.29 is 35.3 Å². The van der Waals surface area contributed by atoms with Crippen molar-refractivity contribution in [1.29, 1.82) is 0 Å². The molecule has 17 heavy (non-hydrogen) atoms. The van der Waals surface area contributed by atoms with Crippen LogP contribution in [0.5, 0.6) is 0 Å². The second-order valence-electron chi connectivity index (χ2n) is 5.07. The maximum absolute atomic E-state index is 8.82. The van der Waals surface area contributed by atoms with Gasteiger partial charge in [-0.05, 0) is 19.9 Å². The molecule has 0 radical (unpaired) electrons. The van der Waals surface area contributed by atoms with Crippen molar-refractivity contribution >= 4 is 0 Å². The van der Waals surface area contributed by atoms with Gasteiger partial charge < -0.3 is 28.5 Å². The summed E-state index contributed by atoms with van der Waals surface area (Å²) in [6.45, 7) is 11.2. The maximum Gasteiger partial charge on any atom is 0.111 e. The molecule has 0 fully saturated rings. The minimum atomic E-state index is -1.47. The van der Waals surface area contributed by atoms with Crippen LogP contribution in [0.15, 0.2) is 36.4 Å². The Balaban J connectivity index is 0.00000441. The van der Waals surface area contributed by atoms with Crippen molar-refractivity contribution in [2.75, 3.05) is 14.1 Å². The van der Waals surface area contributed by atoms with Gasteiger partial charge >= 0.3 is 0 Å². The van der Waals surface area contributed by atoms with Gasteiger partial charge in [-0.3, -0.25) is 0 Å². The second kappa shape index (κ2) is 6.74. The highest BCUT2D eigenvalue weighted by molar-refractivity contribution is 5.05. The number of rotatable bonds is 4. The Labute approximate surface area is 131 Å². The molecule has 3 atom stereocenters. The van der Waals surface area contributed by atoms with Crippen LogP contribution in [0.3, 0.4) is 0 Å². The van der Waals surface area contributed by atoms with Crippen molar-refractivity contribution in [3.05, 3.63) is 36.4 Å². The first-order chi connectivity index (χ1) is 9.31. The number of halogens is 1. The predicted molar refractivity (Wildman–Crippen MR) is 72.3 cm³/mol. The highest BCUT2D eigenvalue weighted by atomic mass is 127. The number of hydrogen-bond donors (Lipinski definition) is 0. The van der Waals surface area contributed by atoms with Crippen LogP contribution < -0.4 is 24.0 Å². The van der Waals surface area contributed by atoms with E-state index in [1.165, 1.54) is 0 Å². The molecule has 2 heteroatoms. The number of nitrogens with zero attached hydrogens (tertiary/aromatic N) is 1. The molecule has 1 unspecified atom stereocenters. The van der Waals surface area contributed by atoms with Gasteiger partial charge in [0, 0.05) is 20.6 Å². The zero-order chi connectivity index (χ0) is 16.8. The highest BCUT2D eigenvalue weighted by Gasteiger charge is 2.36. The predicted octanol–water partition coefficient (Wildman–Crippen LogP) is 0.696. The van der Waals surface area contributed by atoms with Crippen LogP contribution >= 0.6 is 0 Å². The minimum Gasteiger partial charge on any atom is -1.00 e. The van der Waals surface area contributed by atoms with Crippen LogP contribution in [-0.2, 0) is 0 Å². The first-order valence-electron chi connectivity index (χ1n) is 8.12. The van der Waals surface area contributed by atoms with Gasteiger partial charge in [-0.2, -0.15) is 0 Å². The Kier molecular flexibility index (Phi) is 3.88. The molecule has 0 saturated carbocycles. The van der Waals surface area contributed by atoms with Crippen molar-refractivity contribution in [3.63, 3.8) is 0 Å². The third-order valence-electron chi connectivity index (χ3n) is 2.80. The molecule has 1 aliphatic heterocycles. The van der Waals surface area contributed by atoms with Crippen molar-refractivity contribution in [1.82, 2.24) is 0 Å². The maximum atomic E-state index is 8.82. The van der Waals surface area contributed by atoms with Gasteiger partial charge in [0.1, 0.15) is 7.39 Å². The molecule has 1 aliphatic rings. The van der Waals surface area contributed by atoms with E-state index in [0.29, 0.717) is 0 Å². The molecule has 0 saturated heterocycles. The average molecular weight is 352 g/mol. The zero-order valence-corrected chi connectivity index (χ0v) is 13.4. The molecule has 1 heterocycles. The molecule has 0 aliphatic carbocycles. The van der Waals surface area contributed by atoms with Crippen LogP contribution in [-0.4, -0.2) is 30.6 Å². The fourth-order valence-electron chi connectivity index (χ4n) is 1.76. The zero-order valence-electron chi connectivity index (χ0n) is 16.2. The van der Waals surface area contributed by atoms with E-state index >= 15 is 0 Å². The molecular weight excluding hydrogens is 321 g/mol. The van der Waals surface area contributed by atoms with Gasteiger partial charge in [0.15, 0.2) is 0 Å². The van der Waals surface area contributed by atoms with Crippen LogP contribution in [0.1, 0.15) is 39.9 Å². The molecule has 1 rings (SSSR count). The Morgan fingerprint density at radius 2 is 1.94 bits per heavy atom. The molecule has 98 valence electrons. The van der Waals surface area contributed by atoms with Gasteiger partial charge in [0.05, 0.1) is 24.2 Å². The molecular formula is C15H26IN. The van der Waals surface area contributed by atoms with E-state index in [9.17, 15) is 0 Å². The van der Waals surface area contributed by atoms with E-state index < -0.39 is 18.4 Å².